The van der Waals surface area contributed by atoms with Crippen LogP contribution >= 0.6 is 15.9 Å². The van der Waals surface area contributed by atoms with Crippen LogP contribution in [0.1, 0.15) is 5.48 Å². The summed E-state index contributed by atoms with van der Waals surface area (Å²) in [5, 5.41) is 17.1. The summed E-state index contributed by atoms with van der Waals surface area (Å²) in [5.74, 6) is -0.337. The van der Waals surface area contributed by atoms with Gasteiger partial charge in [0.25, 0.3) is 0 Å². The lowest BCUT2D eigenvalue weighted by Gasteiger charge is -2.05. The largest absolute Gasteiger partial charge is 0.707 e. The van der Waals surface area contributed by atoms with Crippen LogP contribution in [-0.2, 0) is 0 Å². The third-order valence-corrected chi connectivity index (χ3v) is 1.39. The molecule has 0 aliphatic heterocycles. The summed E-state index contributed by atoms with van der Waals surface area (Å²) in [7, 11) is -2.14. The highest BCUT2D eigenvalue weighted by Crippen LogP contribution is 2.23. The predicted molar refractivity (Wildman–Crippen MR) is 45.0 cm³/mol. The van der Waals surface area contributed by atoms with Crippen LogP contribution in [0.3, 0.4) is 0 Å². The van der Waals surface area contributed by atoms with Gasteiger partial charge in [0.1, 0.15) is 5.75 Å². The Bertz CT molecular complexity index is 371. The van der Waals surface area contributed by atoms with Crippen molar-refractivity contribution in [3.8, 4) is 5.75 Å². The van der Waals surface area contributed by atoms with Crippen LogP contribution in [0.5, 0.6) is 5.75 Å². The zero-order valence-electron chi connectivity index (χ0n) is 9.26. The van der Waals surface area contributed by atoms with Crippen LogP contribution in [0.2, 0.25) is 0 Å². The Hall–Kier alpha value is -0.515. The third-order valence-electron chi connectivity index (χ3n) is 0.833. The fraction of sp³-hybridized carbons (Fsp3) is 0. The molecule has 0 amide bonds. The Kier molecular flexibility index (Phi) is 1.53. The molecule has 3 nitrogen and oxygen atoms in total. The number of hydrogen-bond donors (Lipinski definition) is 2. The molecule has 0 saturated carbocycles. The Morgan fingerprint density at radius 1 is 1.45 bits per heavy atom. The van der Waals surface area contributed by atoms with Gasteiger partial charge in [-0.1, -0.05) is 12.1 Å². The van der Waals surface area contributed by atoms with Crippen molar-refractivity contribution < 1.29 is 20.2 Å². The first-order valence-corrected chi connectivity index (χ1v) is 3.44. The molecule has 0 saturated heterocycles. The molecule has 0 atom stereocenters. The second-order valence-electron chi connectivity index (χ2n) is 1.59. The predicted octanol–water partition coefficient (Wildman–Crippen LogP) is 0.797. The van der Waals surface area contributed by atoms with E-state index in [4.69, 9.17) is 15.5 Å². The van der Waals surface area contributed by atoms with Gasteiger partial charge in [0.15, 0.2) is 0 Å². The Morgan fingerprint density at radius 2 is 2.09 bits per heavy atom. The van der Waals surface area contributed by atoms with Crippen LogP contribution in [0.25, 0.3) is 0 Å². The van der Waals surface area contributed by atoms with E-state index in [0.29, 0.717) is 0 Å². The van der Waals surface area contributed by atoms with Gasteiger partial charge < -0.3 is 14.7 Å². The minimum atomic E-state index is -2.14. The van der Waals surface area contributed by atoms with E-state index in [1.54, 1.807) is 0 Å². The van der Waals surface area contributed by atoms with Gasteiger partial charge in [0.2, 0.25) is 0 Å². The summed E-state index contributed by atoms with van der Waals surface area (Å²) in [6, 6.07) is -1.74. The van der Waals surface area contributed by atoms with Crippen molar-refractivity contribution in [2.75, 3.05) is 0 Å². The second-order valence-corrected chi connectivity index (χ2v) is 2.38. The first kappa shape index (κ1) is 4.50. The number of benzene rings is 1. The molecule has 0 unspecified atom stereocenters. The first-order chi connectivity index (χ1) is 6.86. The van der Waals surface area contributed by atoms with E-state index in [0.717, 1.165) is 0 Å². The highest BCUT2D eigenvalue weighted by molar-refractivity contribution is 9.10. The first-order valence-electron chi connectivity index (χ1n) is 4.65. The molecular weight excluding hydrogens is 211 g/mol. The van der Waals surface area contributed by atoms with E-state index in [2.05, 4.69) is 20.6 Å². The molecule has 2 N–H and O–H groups in total. The van der Waals surface area contributed by atoms with E-state index in [1.165, 1.54) is 0 Å². The average molecular weight is 221 g/mol. The van der Waals surface area contributed by atoms with Gasteiger partial charge in [-0.2, -0.15) is 0 Å². The number of halogens is 1. The Labute approximate surface area is 78.5 Å². The van der Waals surface area contributed by atoms with Gasteiger partial charge >= 0.3 is 7.32 Å². The van der Waals surface area contributed by atoms with Crippen LogP contribution in [0, 0.1) is 0 Å². The van der Waals surface area contributed by atoms with E-state index in [1.807, 2.05) is 0 Å². The highest BCUT2D eigenvalue weighted by atomic mass is 79.9. The summed E-state index contributed by atoms with van der Waals surface area (Å²) in [5.41, 5.74) is 0. The van der Waals surface area contributed by atoms with Crippen LogP contribution < -0.4 is 4.65 Å². The van der Waals surface area contributed by atoms with Crippen molar-refractivity contribution in [1.29, 1.82) is 0 Å². The van der Waals surface area contributed by atoms with Gasteiger partial charge in [-0.05, 0) is 28.0 Å². The maximum atomic E-state index is 8.57. The minimum absolute atomic E-state index is 0.0541. The molecule has 1 aromatic carbocycles. The third kappa shape index (κ3) is 2.53. The molecule has 0 spiro atoms. The lowest BCUT2D eigenvalue weighted by atomic mass is 10.2. The van der Waals surface area contributed by atoms with Crippen LogP contribution in [0.4, 0.5) is 0 Å². The topological polar surface area (TPSA) is 49.7 Å². The Morgan fingerprint density at radius 3 is 2.73 bits per heavy atom. The SMILES string of the molecule is [2H]c1c([2H])c([2H])c(OB(O)O)c(Br)c1[2H]. The van der Waals surface area contributed by atoms with Crippen molar-refractivity contribution in [2.24, 2.45) is 0 Å². The molecule has 0 bridgehead atoms. The van der Waals surface area contributed by atoms with Gasteiger partial charge in [-0.3, -0.25) is 0 Å². The maximum absolute atomic E-state index is 8.57. The molecule has 0 aromatic heterocycles. The van der Waals surface area contributed by atoms with Gasteiger partial charge in [0, 0.05) is 0 Å². The van der Waals surface area contributed by atoms with E-state index in [-0.39, 0.29) is 16.3 Å². The summed E-state index contributed by atoms with van der Waals surface area (Å²) < 4.78 is 33.8. The van der Waals surface area contributed by atoms with E-state index in [9.17, 15) is 0 Å². The van der Waals surface area contributed by atoms with Crippen molar-refractivity contribution in [3.05, 3.63) is 28.6 Å². The molecular formula is C6H6BBrO3. The number of hydrogen-bond acceptors (Lipinski definition) is 3. The molecule has 5 heteroatoms. The fourth-order valence-electron chi connectivity index (χ4n) is 0.472. The quantitative estimate of drug-likeness (QED) is 0.726. The Balaban J connectivity index is 3.39. The van der Waals surface area contributed by atoms with Crippen molar-refractivity contribution in [1.82, 2.24) is 0 Å². The average Bonchev–Trinajstić information content (AvgIpc) is 2.18. The lowest BCUT2D eigenvalue weighted by Crippen LogP contribution is -2.20. The second kappa shape index (κ2) is 3.76. The smallest absolute Gasteiger partial charge is 0.511 e. The van der Waals surface area contributed by atoms with Gasteiger partial charge in [-0.15, -0.1) is 0 Å². The lowest BCUT2D eigenvalue weighted by molar-refractivity contribution is 0.287. The molecule has 1 rings (SSSR count). The maximum Gasteiger partial charge on any atom is 0.707 e. The highest BCUT2D eigenvalue weighted by Gasteiger charge is 2.12. The number of rotatable bonds is 2. The summed E-state index contributed by atoms with van der Waals surface area (Å²) in [6.07, 6.45) is 0. The fourth-order valence-corrected chi connectivity index (χ4v) is 0.764. The van der Waals surface area contributed by atoms with Crippen molar-refractivity contribution >= 4 is 23.3 Å². The molecule has 0 radical (unpaired) electrons. The molecule has 0 heterocycles. The number of para-hydroxylation sites is 1. The summed E-state index contributed by atoms with van der Waals surface area (Å²) >= 11 is 2.89. The van der Waals surface area contributed by atoms with Crippen LogP contribution in [0.15, 0.2) is 28.6 Å². The monoisotopic (exact) mass is 220 g/mol. The zero-order chi connectivity index (χ0) is 11.7. The van der Waals surface area contributed by atoms with Crippen molar-refractivity contribution in [3.63, 3.8) is 0 Å². The molecule has 1 aromatic rings. The van der Waals surface area contributed by atoms with Crippen molar-refractivity contribution in [2.45, 2.75) is 0 Å². The summed E-state index contributed by atoms with van der Waals surface area (Å²) in [6.45, 7) is 0. The normalized spacial score (nSPS) is 14.5. The van der Waals surface area contributed by atoms with Gasteiger partial charge in [0.05, 0.1) is 9.96 Å². The van der Waals surface area contributed by atoms with E-state index < -0.39 is 25.4 Å². The van der Waals surface area contributed by atoms with Gasteiger partial charge in [-0.25, -0.2) is 0 Å². The molecule has 58 valence electrons. The molecule has 0 aliphatic rings. The van der Waals surface area contributed by atoms with Crippen LogP contribution in [-0.4, -0.2) is 17.4 Å². The summed E-state index contributed by atoms with van der Waals surface area (Å²) in [4.78, 5) is 0. The molecule has 11 heavy (non-hydrogen) atoms. The standard InChI is InChI=1S/C6H6BBrO3/c8-5-3-1-2-4-6(5)11-7(9)10/h1-4,9-10H/i1D,2D,3D,4D. The minimum Gasteiger partial charge on any atom is -0.511 e. The molecule has 0 fully saturated rings. The zero-order valence-corrected chi connectivity index (χ0v) is 6.84. The molecule has 0 aliphatic carbocycles. The van der Waals surface area contributed by atoms with E-state index >= 15 is 0 Å².